The summed E-state index contributed by atoms with van der Waals surface area (Å²) in [5.74, 6) is -0.280. The molecule has 6 nitrogen and oxygen atoms in total. The summed E-state index contributed by atoms with van der Waals surface area (Å²) in [7, 11) is 0. The second-order valence-corrected chi connectivity index (χ2v) is 3.56. The van der Waals surface area contributed by atoms with Crippen molar-refractivity contribution in [2.24, 2.45) is 5.10 Å². The molecule has 6 heteroatoms. The number of nitrogens with one attached hydrogen (secondary N) is 1. The molecule has 0 saturated carbocycles. The highest BCUT2D eigenvalue weighted by Gasteiger charge is 2.30. The van der Waals surface area contributed by atoms with Crippen molar-refractivity contribution in [2.45, 2.75) is 26.0 Å². The Hall–Kier alpha value is -1.43. The average molecular weight is 211 g/mol. The van der Waals surface area contributed by atoms with Crippen molar-refractivity contribution >= 4 is 17.5 Å². The standard InChI is InChI=1S/C9H13N3O3/c1-6-12(4-5-15-6)9(14)7-2-3-8(13)11-10-7/h6H,2-5H2,1H3,(H,11,13). The summed E-state index contributed by atoms with van der Waals surface area (Å²) in [5, 5.41) is 3.76. The third-order valence-electron chi connectivity index (χ3n) is 2.54. The lowest BCUT2D eigenvalue weighted by atomic mass is 10.1. The van der Waals surface area contributed by atoms with E-state index in [9.17, 15) is 9.59 Å². The van der Waals surface area contributed by atoms with Gasteiger partial charge >= 0.3 is 0 Å². The Kier molecular flexibility index (Phi) is 2.68. The number of hydrazone groups is 1. The first kappa shape index (κ1) is 10.1. The molecule has 0 spiro atoms. The SMILES string of the molecule is CC1OCCN1C(=O)C1=NNC(=O)CC1. The van der Waals surface area contributed by atoms with Crippen LogP contribution in [0, 0.1) is 0 Å². The van der Waals surface area contributed by atoms with Gasteiger partial charge in [0.05, 0.1) is 6.61 Å². The number of carbonyl (C=O) groups is 2. The van der Waals surface area contributed by atoms with Crippen LogP contribution in [0.1, 0.15) is 19.8 Å². The third kappa shape index (κ3) is 1.99. The lowest BCUT2D eigenvalue weighted by Gasteiger charge is -2.21. The van der Waals surface area contributed by atoms with E-state index in [0.29, 0.717) is 31.7 Å². The van der Waals surface area contributed by atoms with E-state index in [0.717, 1.165) is 0 Å². The minimum atomic E-state index is -0.196. The van der Waals surface area contributed by atoms with Crippen LogP contribution in [-0.4, -0.2) is 41.8 Å². The Morgan fingerprint density at radius 1 is 1.60 bits per heavy atom. The van der Waals surface area contributed by atoms with Crippen LogP contribution in [-0.2, 0) is 14.3 Å². The fourth-order valence-electron chi connectivity index (χ4n) is 1.65. The van der Waals surface area contributed by atoms with E-state index in [1.807, 2.05) is 6.92 Å². The molecule has 2 amide bonds. The maximum absolute atomic E-state index is 11.9. The Morgan fingerprint density at radius 2 is 2.40 bits per heavy atom. The second-order valence-electron chi connectivity index (χ2n) is 3.56. The van der Waals surface area contributed by atoms with Crippen molar-refractivity contribution in [1.29, 1.82) is 0 Å². The van der Waals surface area contributed by atoms with E-state index < -0.39 is 0 Å². The summed E-state index contributed by atoms with van der Waals surface area (Å²) < 4.78 is 5.26. The molecular weight excluding hydrogens is 198 g/mol. The molecule has 0 aromatic rings. The average Bonchev–Trinajstić information content (AvgIpc) is 2.65. The van der Waals surface area contributed by atoms with E-state index in [1.165, 1.54) is 0 Å². The second kappa shape index (κ2) is 3.98. The number of amides is 2. The molecule has 15 heavy (non-hydrogen) atoms. The molecule has 82 valence electrons. The highest BCUT2D eigenvalue weighted by atomic mass is 16.5. The van der Waals surface area contributed by atoms with Gasteiger partial charge in [-0.15, -0.1) is 0 Å². The highest BCUT2D eigenvalue weighted by Crippen LogP contribution is 2.12. The minimum absolute atomic E-state index is 0.139. The molecule has 1 atom stereocenters. The minimum Gasteiger partial charge on any atom is -0.357 e. The first-order valence-electron chi connectivity index (χ1n) is 4.96. The summed E-state index contributed by atoms with van der Waals surface area (Å²) in [4.78, 5) is 24.4. The molecule has 0 radical (unpaired) electrons. The van der Waals surface area contributed by atoms with E-state index in [1.54, 1.807) is 4.90 Å². The van der Waals surface area contributed by atoms with Crippen LogP contribution in [0.25, 0.3) is 0 Å². The molecule has 2 heterocycles. The Balaban J connectivity index is 2.04. The van der Waals surface area contributed by atoms with Gasteiger partial charge in [0.25, 0.3) is 5.91 Å². The summed E-state index contributed by atoms with van der Waals surface area (Å²) in [5.41, 5.74) is 2.72. The lowest BCUT2D eigenvalue weighted by Crippen LogP contribution is -2.42. The van der Waals surface area contributed by atoms with Crippen molar-refractivity contribution in [3.05, 3.63) is 0 Å². The number of ether oxygens (including phenoxy) is 1. The number of carbonyl (C=O) groups excluding carboxylic acids is 2. The predicted molar refractivity (Wildman–Crippen MR) is 51.9 cm³/mol. The first-order valence-corrected chi connectivity index (χ1v) is 4.96. The Labute approximate surface area is 87.3 Å². The zero-order chi connectivity index (χ0) is 10.8. The van der Waals surface area contributed by atoms with Crippen LogP contribution in [0.15, 0.2) is 5.10 Å². The molecule has 0 bridgehead atoms. The zero-order valence-corrected chi connectivity index (χ0v) is 8.52. The lowest BCUT2D eigenvalue weighted by molar-refractivity contribution is -0.128. The van der Waals surface area contributed by atoms with Crippen LogP contribution < -0.4 is 5.43 Å². The number of hydrogen-bond donors (Lipinski definition) is 1. The summed E-state index contributed by atoms with van der Waals surface area (Å²) in [6.45, 7) is 2.98. The van der Waals surface area contributed by atoms with Gasteiger partial charge in [0.2, 0.25) is 5.91 Å². The summed E-state index contributed by atoms with van der Waals surface area (Å²) >= 11 is 0. The van der Waals surface area contributed by atoms with Gasteiger partial charge in [0.15, 0.2) is 0 Å². The predicted octanol–water partition coefficient (Wildman–Crippen LogP) is -0.543. The van der Waals surface area contributed by atoms with Gasteiger partial charge in [-0.1, -0.05) is 0 Å². The molecule has 2 rings (SSSR count). The molecular formula is C9H13N3O3. The molecule has 0 aromatic heterocycles. The molecule has 1 fully saturated rings. The van der Waals surface area contributed by atoms with Crippen molar-refractivity contribution in [2.75, 3.05) is 13.2 Å². The smallest absolute Gasteiger partial charge is 0.272 e. The van der Waals surface area contributed by atoms with Crippen molar-refractivity contribution in [3.8, 4) is 0 Å². The van der Waals surface area contributed by atoms with Crippen LogP contribution in [0.3, 0.4) is 0 Å². The van der Waals surface area contributed by atoms with E-state index in [2.05, 4.69) is 10.5 Å². The number of rotatable bonds is 1. The topological polar surface area (TPSA) is 71.0 Å². The molecule has 1 N–H and O–H groups in total. The van der Waals surface area contributed by atoms with Gasteiger partial charge in [0, 0.05) is 19.4 Å². The van der Waals surface area contributed by atoms with Crippen molar-refractivity contribution in [3.63, 3.8) is 0 Å². The van der Waals surface area contributed by atoms with Gasteiger partial charge in [-0.3, -0.25) is 9.59 Å². The van der Waals surface area contributed by atoms with Crippen LogP contribution in [0.4, 0.5) is 0 Å². The molecule has 2 aliphatic heterocycles. The zero-order valence-electron chi connectivity index (χ0n) is 8.52. The number of nitrogens with zero attached hydrogens (tertiary/aromatic N) is 2. The maximum atomic E-state index is 11.9. The normalized spacial score (nSPS) is 26.2. The molecule has 1 unspecified atom stereocenters. The quantitative estimate of drug-likeness (QED) is 0.633. The molecule has 1 saturated heterocycles. The van der Waals surface area contributed by atoms with Gasteiger partial charge in [-0.05, 0) is 6.92 Å². The van der Waals surface area contributed by atoms with Gasteiger partial charge in [-0.25, -0.2) is 5.43 Å². The van der Waals surface area contributed by atoms with E-state index in [-0.39, 0.29) is 18.0 Å². The van der Waals surface area contributed by atoms with Crippen LogP contribution >= 0.6 is 0 Å². The van der Waals surface area contributed by atoms with Crippen LogP contribution in [0.2, 0.25) is 0 Å². The van der Waals surface area contributed by atoms with Gasteiger partial charge in [-0.2, -0.15) is 5.10 Å². The summed E-state index contributed by atoms with van der Waals surface area (Å²) in [6.07, 6.45) is 0.541. The van der Waals surface area contributed by atoms with Crippen molar-refractivity contribution in [1.82, 2.24) is 10.3 Å². The molecule has 0 aromatic carbocycles. The molecule has 2 aliphatic rings. The van der Waals surface area contributed by atoms with E-state index >= 15 is 0 Å². The molecule has 0 aliphatic carbocycles. The monoisotopic (exact) mass is 211 g/mol. The largest absolute Gasteiger partial charge is 0.357 e. The summed E-state index contributed by atoms with van der Waals surface area (Å²) in [6, 6.07) is 0. The first-order chi connectivity index (χ1) is 7.18. The fourth-order valence-corrected chi connectivity index (χ4v) is 1.65. The third-order valence-corrected chi connectivity index (χ3v) is 2.54. The van der Waals surface area contributed by atoms with Crippen LogP contribution in [0.5, 0.6) is 0 Å². The highest BCUT2D eigenvalue weighted by molar-refractivity contribution is 6.39. The van der Waals surface area contributed by atoms with Gasteiger partial charge < -0.3 is 9.64 Å². The number of hydrogen-bond acceptors (Lipinski definition) is 4. The van der Waals surface area contributed by atoms with Crippen molar-refractivity contribution < 1.29 is 14.3 Å². The van der Waals surface area contributed by atoms with Gasteiger partial charge in [0.1, 0.15) is 11.9 Å². The fraction of sp³-hybridized carbons (Fsp3) is 0.667. The van der Waals surface area contributed by atoms with E-state index in [4.69, 9.17) is 4.74 Å². The maximum Gasteiger partial charge on any atom is 0.272 e. The Morgan fingerprint density at radius 3 is 2.93 bits per heavy atom. The Bertz CT molecular complexity index is 327.